The number of thiophene rings is 1. The third kappa shape index (κ3) is 4.71. The Kier molecular flexibility index (Phi) is 7.18. The second-order valence-corrected chi connectivity index (χ2v) is 5.98. The number of halogens is 2. The van der Waals surface area contributed by atoms with Gasteiger partial charge in [-0.25, -0.2) is 0 Å². The van der Waals surface area contributed by atoms with Crippen molar-refractivity contribution in [3.05, 3.63) is 45.8 Å². The molecule has 0 unspecified atom stereocenters. The summed E-state index contributed by atoms with van der Waals surface area (Å²) in [5, 5.41) is 6.59. The van der Waals surface area contributed by atoms with Gasteiger partial charge in [-0.05, 0) is 43.3 Å². The van der Waals surface area contributed by atoms with E-state index in [1.165, 1.54) is 11.3 Å². The quantitative estimate of drug-likeness (QED) is 0.811. The van der Waals surface area contributed by atoms with Crippen molar-refractivity contribution < 1.29 is 4.79 Å². The summed E-state index contributed by atoms with van der Waals surface area (Å²) in [5.74, 6) is -0.0263. The van der Waals surface area contributed by atoms with Crippen molar-refractivity contribution in [2.45, 2.75) is 6.92 Å². The number of carbonyl (C=O) groups excluding carboxylic acids is 1. The molecule has 1 aromatic heterocycles. The van der Waals surface area contributed by atoms with E-state index in [1.807, 2.05) is 44.3 Å². The molecule has 0 saturated heterocycles. The zero-order valence-electron chi connectivity index (χ0n) is 11.9. The molecule has 1 amide bonds. The molecule has 0 saturated carbocycles. The van der Waals surface area contributed by atoms with Gasteiger partial charge in [0.15, 0.2) is 0 Å². The van der Waals surface area contributed by atoms with Crippen LogP contribution in [0.1, 0.15) is 15.2 Å². The van der Waals surface area contributed by atoms with Crippen molar-refractivity contribution in [2.24, 2.45) is 0 Å². The lowest BCUT2D eigenvalue weighted by molar-refractivity contribution is 0.0958. The molecular weight excluding hydrogens is 327 g/mol. The van der Waals surface area contributed by atoms with Gasteiger partial charge in [-0.2, -0.15) is 0 Å². The Morgan fingerprint density at radius 3 is 2.71 bits per heavy atom. The van der Waals surface area contributed by atoms with Crippen LogP contribution in [-0.2, 0) is 0 Å². The number of nitrogens with one attached hydrogen (secondary N) is 2. The Balaban J connectivity index is 0.00000220. The lowest BCUT2D eigenvalue weighted by Crippen LogP contribution is -2.29. The summed E-state index contributed by atoms with van der Waals surface area (Å²) in [7, 11) is 1.86. The van der Waals surface area contributed by atoms with Crippen LogP contribution in [0.15, 0.2) is 30.3 Å². The number of carbonyl (C=O) groups is 1. The molecule has 0 spiro atoms. The molecule has 0 aliphatic carbocycles. The van der Waals surface area contributed by atoms with Crippen molar-refractivity contribution in [2.75, 3.05) is 20.1 Å². The fourth-order valence-electron chi connectivity index (χ4n) is 1.90. The highest BCUT2D eigenvalue weighted by Gasteiger charge is 2.13. The van der Waals surface area contributed by atoms with Gasteiger partial charge < -0.3 is 10.6 Å². The molecule has 1 heterocycles. The first kappa shape index (κ1) is 18.0. The Hall–Kier alpha value is -1.07. The van der Waals surface area contributed by atoms with E-state index in [0.717, 1.165) is 27.4 Å². The van der Waals surface area contributed by atoms with Crippen molar-refractivity contribution in [3.63, 3.8) is 0 Å². The van der Waals surface area contributed by atoms with Crippen LogP contribution in [0.25, 0.3) is 10.4 Å². The third-order valence-electron chi connectivity index (χ3n) is 2.89. The van der Waals surface area contributed by atoms with Crippen LogP contribution in [0.5, 0.6) is 0 Å². The smallest absolute Gasteiger partial charge is 0.261 e. The first-order chi connectivity index (χ1) is 9.61. The number of hydrogen-bond acceptors (Lipinski definition) is 3. The summed E-state index contributed by atoms with van der Waals surface area (Å²) < 4.78 is 0. The maximum absolute atomic E-state index is 12.0. The van der Waals surface area contributed by atoms with Gasteiger partial charge in [-0.3, -0.25) is 4.79 Å². The predicted octanol–water partition coefficient (Wildman–Crippen LogP) is 3.75. The number of likely N-dealkylation sites (N-methyl/N-ethyl adjacent to an activating group) is 1. The van der Waals surface area contributed by atoms with Crippen LogP contribution >= 0.6 is 35.3 Å². The minimum Gasteiger partial charge on any atom is -0.350 e. The number of hydrogen-bond donors (Lipinski definition) is 2. The molecular formula is C15H18Cl2N2OS. The van der Waals surface area contributed by atoms with Crippen molar-refractivity contribution in [3.8, 4) is 10.4 Å². The summed E-state index contributed by atoms with van der Waals surface area (Å²) in [4.78, 5) is 13.8. The molecule has 0 bridgehead atoms. The highest BCUT2D eigenvalue weighted by atomic mass is 35.5. The minimum absolute atomic E-state index is 0. The molecule has 3 nitrogen and oxygen atoms in total. The van der Waals surface area contributed by atoms with E-state index in [2.05, 4.69) is 10.6 Å². The number of benzene rings is 1. The minimum atomic E-state index is -0.0263. The van der Waals surface area contributed by atoms with Gasteiger partial charge in [0.1, 0.15) is 0 Å². The van der Waals surface area contributed by atoms with Gasteiger partial charge >= 0.3 is 0 Å². The molecule has 1 aromatic carbocycles. The largest absolute Gasteiger partial charge is 0.350 e. The van der Waals surface area contributed by atoms with Crippen molar-refractivity contribution in [1.82, 2.24) is 10.6 Å². The SMILES string of the molecule is CNCCNC(=O)c1cc(C)c(-c2cccc(Cl)c2)s1.Cl. The average Bonchev–Trinajstić information content (AvgIpc) is 2.81. The van der Waals surface area contributed by atoms with Crippen LogP contribution in [0.4, 0.5) is 0 Å². The van der Waals surface area contributed by atoms with Gasteiger partial charge in [0.05, 0.1) is 4.88 Å². The summed E-state index contributed by atoms with van der Waals surface area (Å²) >= 11 is 7.52. The summed E-state index contributed by atoms with van der Waals surface area (Å²) in [6, 6.07) is 9.62. The van der Waals surface area contributed by atoms with Gasteiger partial charge in [-0.1, -0.05) is 23.7 Å². The number of amides is 1. The van der Waals surface area contributed by atoms with E-state index in [1.54, 1.807) is 0 Å². The Morgan fingerprint density at radius 1 is 1.29 bits per heavy atom. The third-order valence-corrected chi connectivity index (χ3v) is 4.41. The monoisotopic (exact) mass is 344 g/mol. The maximum Gasteiger partial charge on any atom is 0.261 e. The number of rotatable bonds is 5. The highest BCUT2D eigenvalue weighted by Crippen LogP contribution is 2.33. The van der Waals surface area contributed by atoms with E-state index in [0.29, 0.717) is 11.6 Å². The second-order valence-electron chi connectivity index (χ2n) is 4.49. The Bertz CT molecular complexity index is 613. The van der Waals surface area contributed by atoms with E-state index in [-0.39, 0.29) is 18.3 Å². The zero-order chi connectivity index (χ0) is 14.5. The Morgan fingerprint density at radius 2 is 2.05 bits per heavy atom. The lowest BCUT2D eigenvalue weighted by Gasteiger charge is -2.02. The molecule has 6 heteroatoms. The molecule has 0 aliphatic rings. The fraction of sp³-hybridized carbons (Fsp3) is 0.267. The molecule has 2 aromatic rings. The van der Waals surface area contributed by atoms with Gasteiger partial charge in [0.25, 0.3) is 5.91 Å². The summed E-state index contributed by atoms with van der Waals surface area (Å²) in [6.45, 7) is 3.40. The van der Waals surface area contributed by atoms with Crippen LogP contribution in [0, 0.1) is 6.92 Å². The summed E-state index contributed by atoms with van der Waals surface area (Å²) in [5.41, 5.74) is 2.14. The van der Waals surface area contributed by atoms with Crippen molar-refractivity contribution >= 4 is 41.3 Å². The predicted molar refractivity (Wildman–Crippen MR) is 93.0 cm³/mol. The van der Waals surface area contributed by atoms with Gasteiger partial charge in [0.2, 0.25) is 0 Å². The van der Waals surface area contributed by atoms with E-state index in [9.17, 15) is 4.79 Å². The fourth-order valence-corrected chi connectivity index (χ4v) is 3.17. The van der Waals surface area contributed by atoms with Crippen LogP contribution in [0.2, 0.25) is 5.02 Å². The average molecular weight is 345 g/mol. The summed E-state index contributed by atoms with van der Waals surface area (Å²) in [6.07, 6.45) is 0. The molecule has 0 fully saturated rings. The molecule has 21 heavy (non-hydrogen) atoms. The second kappa shape index (κ2) is 8.39. The van der Waals surface area contributed by atoms with E-state index < -0.39 is 0 Å². The number of aryl methyl sites for hydroxylation is 1. The first-order valence-electron chi connectivity index (χ1n) is 6.41. The maximum atomic E-state index is 12.0. The topological polar surface area (TPSA) is 41.1 Å². The molecule has 114 valence electrons. The molecule has 2 rings (SSSR count). The Labute approximate surface area is 140 Å². The molecule has 0 radical (unpaired) electrons. The van der Waals surface area contributed by atoms with E-state index >= 15 is 0 Å². The van der Waals surface area contributed by atoms with Gasteiger partial charge in [-0.15, -0.1) is 23.7 Å². The van der Waals surface area contributed by atoms with Crippen LogP contribution < -0.4 is 10.6 Å². The zero-order valence-corrected chi connectivity index (χ0v) is 14.3. The van der Waals surface area contributed by atoms with Crippen LogP contribution in [-0.4, -0.2) is 26.0 Å². The normalized spacial score (nSPS) is 10.0. The highest BCUT2D eigenvalue weighted by molar-refractivity contribution is 7.17. The molecule has 2 N–H and O–H groups in total. The van der Waals surface area contributed by atoms with Gasteiger partial charge in [0, 0.05) is 23.0 Å². The molecule has 0 aliphatic heterocycles. The first-order valence-corrected chi connectivity index (χ1v) is 7.60. The van der Waals surface area contributed by atoms with Crippen molar-refractivity contribution in [1.29, 1.82) is 0 Å². The lowest BCUT2D eigenvalue weighted by atomic mass is 10.1. The standard InChI is InChI=1S/C15H17ClN2OS.ClH/c1-10-8-13(15(19)18-7-6-17-2)20-14(10)11-4-3-5-12(16)9-11;/h3-5,8-9,17H,6-7H2,1-2H3,(H,18,19);1H. The van der Waals surface area contributed by atoms with E-state index in [4.69, 9.17) is 11.6 Å². The molecule has 0 atom stereocenters. The van der Waals surface area contributed by atoms with Crippen LogP contribution in [0.3, 0.4) is 0 Å².